The average Bonchev–Trinajstić information content (AvgIpc) is 2.09. The summed E-state index contributed by atoms with van der Waals surface area (Å²) in [6, 6.07) is 0. The molecule has 0 fully saturated rings. The highest BCUT2D eigenvalue weighted by Gasteiger charge is 2.20. The molecule has 0 aromatic heterocycles. The Labute approximate surface area is 83.9 Å². The van der Waals surface area contributed by atoms with Crippen LogP contribution in [0.15, 0.2) is 12.2 Å². The zero-order valence-electron chi connectivity index (χ0n) is 9.26. The van der Waals surface area contributed by atoms with Gasteiger partial charge in [-0.15, -0.1) is 0 Å². The van der Waals surface area contributed by atoms with Crippen LogP contribution in [0.5, 0.6) is 0 Å². The zero-order chi connectivity index (χ0) is 9.52. The molecule has 0 radical (unpaired) electrons. The van der Waals surface area contributed by atoms with Crippen molar-refractivity contribution in [1.82, 2.24) is 0 Å². The summed E-state index contributed by atoms with van der Waals surface area (Å²) in [6.07, 6.45) is 14.5. The van der Waals surface area contributed by atoms with Crippen LogP contribution >= 0.6 is 0 Å². The van der Waals surface area contributed by atoms with E-state index >= 15 is 0 Å². The van der Waals surface area contributed by atoms with E-state index < -0.39 is 0 Å². The third kappa shape index (κ3) is 3.58. The maximum Gasteiger partial charge on any atom is 0.142 e. The Kier molecular flexibility index (Phi) is 5.26. The van der Waals surface area contributed by atoms with E-state index in [4.69, 9.17) is 0 Å². The minimum atomic E-state index is 0.992. The summed E-state index contributed by atoms with van der Waals surface area (Å²) in [6.45, 7) is 5.69. The third-order valence-electron chi connectivity index (χ3n) is 3.53. The molecule has 0 nitrogen and oxygen atoms in total. The van der Waals surface area contributed by atoms with Crippen LogP contribution in [0.25, 0.3) is 0 Å². The first-order chi connectivity index (χ1) is 6.38. The van der Waals surface area contributed by atoms with Gasteiger partial charge in [0.25, 0.3) is 0 Å². The lowest BCUT2D eigenvalue weighted by atomic mass is 9.36. The van der Waals surface area contributed by atoms with Gasteiger partial charge in [0.15, 0.2) is 0 Å². The molecule has 13 heavy (non-hydrogen) atoms. The Hall–Kier alpha value is -0.195. The van der Waals surface area contributed by atoms with E-state index in [1.165, 1.54) is 44.7 Å². The van der Waals surface area contributed by atoms with E-state index in [2.05, 4.69) is 26.0 Å². The minimum Gasteiger partial charge on any atom is -0.0886 e. The molecule has 0 N–H and O–H groups in total. The largest absolute Gasteiger partial charge is 0.142 e. The molecule has 0 bridgehead atoms. The predicted octanol–water partition coefficient (Wildman–Crippen LogP) is 4.41. The molecule has 1 rings (SSSR count). The number of allylic oxidation sites excluding steroid dienone is 2. The molecule has 0 aromatic carbocycles. The van der Waals surface area contributed by atoms with Crippen LogP contribution in [0.3, 0.4) is 0 Å². The molecule has 0 heterocycles. The second-order valence-corrected chi connectivity index (χ2v) is 4.32. The van der Waals surface area contributed by atoms with Crippen molar-refractivity contribution in [3.05, 3.63) is 12.2 Å². The smallest absolute Gasteiger partial charge is 0.0886 e. The predicted molar refractivity (Wildman–Crippen MR) is 62.7 cm³/mol. The lowest BCUT2D eigenvalue weighted by molar-refractivity contribution is 0.621. The summed E-state index contributed by atoms with van der Waals surface area (Å²) in [7, 11) is 0. The first-order valence-corrected chi connectivity index (χ1v) is 6.03. The standard InChI is InChI=1S/C12H23B/c1-3-13(4-2)12-10-8-6-5-7-9-11-12/h5-6,12H,3-4,7-11H2,1-2H3/b6-5-. The highest BCUT2D eigenvalue weighted by atomic mass is 14.1. The average molecular weight is 178 g/mol. The topological polar surface area (TPSA) is 0 Å². The van der Waals surface area contributed by atoms with E-state index in [1.54, 1.807) is 0 Å². The second-order valence-electron chi connectivity index (χ2n) is 4.32. The van der Waals surface area contributed by atoms with Crippen LogP contribution in [0.4, 0.5) is 0 Å². The quantitative estimate of drug-likeness (QED) is 0.443. The molecule has 0 saturated carbocycles. The Morgan fingerprint density at radius 1 is 1.08 bits per heavy atom. The van der Waals surface area contributed by atoms with Crippen molar-refractivity contribution in [2.75, 3.05) is 0 Å². The molecular formula is C12H23B. The number of rotatable bonds is 3. The van der Waals surface area contributed by atoms with Gasteiger partial charge in [-0.1, -0.05) is 63.7 Å². The molecule has 1 atom stereocenters. The van der Waals surface area contributed by atoms with Gasteiger partial charge in [-0.05, 0) is 12.8 Å². The normalized spacial score (nSPS) is 26.2. The summed E-state index contributed by atoms with van der Waals surface area (Å²) in [5.41, 5.74) is 0. The van der Waals surface area contributed by atoms with Crippen LogP contribution in [-0.2, 0) is 0 Å². The van der Waals surface area contributed by atoms with E-state index in [1.807, 2.05) is 0 Å². The van der Waals surface area contributed by atoms with Gasteiger partial charge in [0.1, 0.15) is 6.71 Å². The molecule has 0 amide bonds. The molecule has 0 spiro atoms. The summed E-state index contributed by atoms with van der Waals surface area (Å²) in [5.74, 6) is 1.01. The Morgan fingerprint density at radius 2 is 1.77 bits per heavy atom. The van der Waals surface area contributed by atoms with Crippen molar-refractivity contribution in [2.45, 2.75) is 64.4 Å². The number of hydrogen-bond acceptors (Lipinski definition) is 0. The fourth-order valence-electron chi connectivity index (χ4n) is 2.61. The van der Waals surface area contributed by atoms with Crippen LogP contribution in [0, 0.1) is 0 Å². The summed E-state index contributed by atoms with van der Waals surface area (Å²) < 4.78 is 0. The van der Waals surface area contributed by atoms with Gasteiger partial charge in [0.2, 0.25) is 0 Å². The SMILES string of the molecule is CCB(CC)C1CC/C=C\CCC1. The van der Waals surface area contributed by atoms with Crippen molar-refractivity contribution in [1.29, 1.82) is 0 Å². The van der Waals surface area contributed by atoms with E-state index in [0.717, 1.165) is 12.5 Å². The summed E-state index contributed by atoms with van der Waals surface area (Å²) >= 11 is 0. The Balaban J connectivity index is 2.41. The van der Waals surface area contributed by atoms with E-state index in [9.17, 15) is 0 Å². The van der Waals surface area contributed by atoms with Crippen molar-refractivity contribution in [3.8, 4) is 0 Å². The minimum absolute atomic E-state index is 0.992. The molecular weight excluding hydrogens is 155 g/mol. The number of hydrogen-bond donors (Lipinski definition) is 0. The molecule has 1 heteroatoms. The second kappa shape index (κ2) is 6.29. The highest BCUT2D eigenvalue weighted by molar-refractivity contribution is 6.60. The van der Waals surface area contributed by atoms with Gasteiger partial charge in [-0.2, -0.15) is 0 Å². The fourth-order valence-corrected chi connectivity index (χ4v) is 2.61. The monoisotopic (exact) mass is 178 g/mol. The Morgan fingerprint density at radius 3 is 2.46 bits per heavy atom. The maximum absolute atomic E-state index is 2.38. The van der Waals surface area contributed by atoms with E-state index in [0.29, 0.717) is 0 Å². The van der Waals surface area contributed by atoms with Crippen LogP contribution in [0.2, 0.25) is 18.5 Å². The van der Waals surface area contributed by atoms with Crippen molar-refractivity contribution in [3.63, 3.8) is 0 Å². The molecule has 1 unspecified atom stereocenters. The van der Waals surface area contributed by atoms with Crippen LogP contribution in [0.1, 0.15) is 46.0 Å². The van der Waals surface area contributed by atoms with Gasteiger partial charge in [0.05, 0.1) is 0 Å². The van der Waals surface area contributed by atoms with Gasteiger partial charge >= 0.3 is 0 Å². The molecule has 0 aliphatic heterocycles. The first-order valence-electron chi connectivity index (χ1n) is 6.03. The maximum atomic E-state index is 2.38. The first kappa shape index (κ1) is 10.9. The molecule has 74 valence electrons. The van der Waals surface area contributed by atoms with Crippen LogP contribution < -0.4 is 0 Å². The van der Waals surface area contributed by atoms with Crippen molar-refractivity contribution >= 4 is 6.71 Å². The molecule has 0 saturated heterocycles. The lowest BCUT2D eigenvalue weighted by Crippen LogP contribution is -2.19. The van der Waals surface area contributed by atoms with E-state index in [-0.39, 0.29) is 0 Å². The van der Waals surface area contributed by atoms with Gasteiger partial charge in [-0.3, -0.25) is 0 Å². The molecule has 1 aliphatic carbocycles. The summed E-state index contributed by atoms with van der Waals surface area (Å²) in [5, 5.41) is 0. The van der Waals surface area contributed by atoms with Gasteiger partial charge in [-0.25, -0.2) is 0 Å². The molecule has 1 aliphatic rings. The zero-order valence-corrected chi connectivity index (χ0v) is 9.26. The van der Waals surface area contributed by atoms with Crippen molar-refractivity contribution < 1.29 is 0 Å². The van der Waals surface area contributed by atoms with Gasteiger partial charge in [0, 0.05) is 0 Å². The third-order valence-corrected chi connectivity index (χ3v) is 3.53. The molecule has 0 aromatic rings. The lowest BCUT2D eigenvalue weighted by Gasteiger charge is -2.23. The highest BCUT2D eigenvalue weighted by Crippen LogP contribution is 2.30. The summed E-state index contributed by atoms with van der Waals surface area (Å²) in [4.78, 5) is 0. The van der Waals surface area contributed by atoms with Gasteiger partial charge < -0.3 is 0 Å². The van der Waals surface area contributed by atoms with Crippen LogP contribution in [-0.4, -0.2) is 6.71 Å². The van der Waals surface area contributed by atoms with Crippen molar-refractivity contribution in [2.24, 2.45) is 0 Å². The Bertz CT molecular complexity index is 147. The fraction of sp³-hybridized carbons (Fsp3) is 0.833.